The van der Waals surface area contributed by atoms with Gasteiger partial charge in [-0.15, -0.1) is 0 Å². The maximum Gasteiger partial charge on any atom is 0.335 e. The Balaban J connectivity index is 1.91. The van der Waals surface area contributed by atoms with Gasteiger partial charge in [-0.2, -0.15) is 0 Å². The van der Waals surface area contributed by atoms with Gasteiger partial charge in [0.15, 0.2) is 5.17 Å². The van der Waals surface area contributed by atoms with Crippen molar-refractivity contribution in [3.63, 3.8) is 0 Å². The average molecular weight is 372 g/mol. The predicted octanol–water partition coefficient (Wildman–Crippen LogP) is 2.88. The molecular formula is C17H12N2O6S. The molecule has 3 rings (SSSR count). The summed E-state index contributed by atoms with van der Waals surface area (Å²) in [4.78, 5) is 38.8. The number of carbonyl (C=O) groups excluding carboxylic acids is 1. The van der Waals surface area contributed by atoms with Crippen molar-refractivity contribution in [3.8, 4) is 0 Å². The number of amidine groups is 1. The number of furan rings is 1. The van der Waals surface area contributed by atoms with Crippen molar-refractivity contribution in [2.45, 2.75) is 6.92 Å². The van der Waals surface area contributed by atoms with Crippen LogP contribution in [0.2, 0.25) is 0 Å². The molecule has 26 heavy (non-hydrogen) atoms. The van der Waals surface area contributed by atoms with Crippen molar-refractivity contribution in [2.75, 3.05) is 0 Å². The molecule has 9 heteroatoms. The highest BCUT2D eigenvalue weighted by molar-refractivity contribution is 8.18. The Morgan fingerprint density at radius 2 is 1.81 bits per heavy atom. The van der Waals surface area contributed by atoms with Gasteiger partial charge in [0.2, 0.25) is 0 Å². The standard InChI is InChI=1S/C17H12N2O6S/c1-8-2-3-12(25-8)7-13-14(20)19-17(26-13)18-11-5-9(15(21)22)4-10(6-11)16(23)24/h2-7H,1H3,(H,21,22)(H,23,24)(H,18,19,20)/b13-7+. The van der Waals surface area contributed by atoms with Gasteiger partial charge in [-0.1, -0.05) is 0 Å². The lowest BCUT2D eigenvalue weighted by atomic mass is 10.1. The number of aryl methyl sites for hydroxylation is 1. The van der Waals surface area contributed by atoms with E-state index in [-0.39, 0.29) is 27.9 Å². The van der Waals surface area contributed by atoms with Gasteiger partial charge in [0.25, 0.3) is 5.91 Å². The van der Waals surface area contributed by atoms with Crippen molar-refractivity contribution in [2.24, 2.45) is 4.99 Å². The van der Waals surface area contributed by atoms with E-state index < -0.39 is 11.9 Å². The summed E-state index contributed by atoms with van der Waals surface area (Å²) in [5.74, 6) is -1.70. The smallest absolute Gasteiger partial charge is 0.335 e. The minimum atomic E-state index is -1.27. The van der Waals surface area contributed by atoms with E-state index in [1.54, 1.807) is 25.1 Å². The maximum absolute atomic E-state index is 12.0. The van der Waals surface area contributed by atoms with E-state index in [9.17, 15) is 14.4 Å². The quantitative estimate of drug-likeness (QED) is 0.704. The molecule has 1 aromatic heterocycles. The van der Waals surface area contributed by atoms with Crippen LogP contribution in [0, 0.1) is 6.92 Å². The Kier molecular flexibility index (Phi) is 4.63. The summed E-state index contributed by atoms with van der Waals surface area (Å²) in [7, 11) is 0. The summed E-state index contributed by atoms with van der Waals surface area (Å²) in [6.45, 7) is 1.78. The summed E-state index contributed by atoms with van der Waals surface area (Å²) >= 11 is 1.04. The lowest BCUT2D eigenvalue weighted by Gasteiger charge is -2.02. The van der Waals surface area contributed by atoms with E-state index >= 15 is 0 Å². The monoisotopic (exact) mass is 372 g/mol. The number of nitrogens with one attached hydrogen (secondary N) is 1. The first kappa shape index (κ1) is 17.5. The number of amides is 1. The number of thioether (sulfide) groups is 1. The number of hydrogen-bond acceptors (Lipinski definition) is 6. The second kappa shape index (κ2) is 6.89. The molecule has 1 aliphatic heterocycles. The van der Waals surface area contributed by atoms with Crippen molar-refractivity contribution in [1.82, 2.24) is 5.32 Å². The van der Waals surface area contributed by atoms with Gasteiger partial charge in [0.05, 0.1) is 21.7 Å². The normalized spacial score (nSPS) is 16.9. The highest BCUT2D eigenvalue weighted by Gasteiger charge is 2.24. The number of carbonyl (C=O) groups is 3. The number of benzene rings is 1. The fourth-order valence-electron chi connectivity index (χ4n) is 2.18. The van der Waals surface area contributed by atoms with Crippen LogP contribution in [0.5, 0.6) is 0 Å². The van der Waals surface area contributed by atoms with E-state index in [1.807, 2.05) is 0 Å². The summed E-state index contributed by atoms with van der Waals surface area (Å²) < 4.78 is 5.39. The fourth-order valence-corrected chi connectivity index (χ4v) is 3.00. The van der Waals surface area contributed by atoms with Gasteiger partial charge in [-0.25, -0.2) is 14.6 Å². The number of rotatable bonds is 4. The third-order valence-corrected chi connectivity index (χ3v) is 4.24. The van der Waals surface area contributed by atoms with Crippen LogP contribution in [-0.2, 0) is 4.79 Å². The number of aromatic carboxylic acids is 2. The second-order valence-electron chi connectivity index (χ2n) is 5.31. The van der Waals surface area contributed by atoms with Crippen LogP contribution in [-0.4, -0.2) is 33.2 Å². The molecule has 2 aromatic rings. The molecular weight excluding hydrogens is 360 g/mol. The number of hydrogen-bond donors (Lipinski definition) is 3. The number of nitrogens with zero attached hydrogens (tertiary/aromatic N) is 1. The summed E-state index contributed by atoms with van der Waals surface area (Å²) in [6.07, 6.45) is 1.56. The SMILES string of the molecule is Cc1ccc(/C=C2/SC(=Nc3cc(C(=O)O)cc(C(=O)O)c3)NC2=O)o1. The van der Waals surface area contributed by atoms with Crippen LogP contribution in [0.15, 0.2) is 44.6 Å². The maximum atomic E-state index is 12.0. The molecule has 1 aromatic carbocycles. The molecule has 1 amide bonds. The van der Waals surface area contributed by atoms with Crippen LogP contribution in [0.4, 0.5) is 5.69 Å². The number of carboxylic acids is 2. The first-order chi connectivity index (χ1) is 12.3. The molecule has 132 valence electrons. The Morgan fingerprint density at radius 1 is 1.15 bits per heavy atom. The number of carboxylic acid groups (broad SMARTS) is 2. The molecule has 0 spiro atoms. The molecule has 0 aliphatic carbocycles. The van der Waals surface area contributed by atoms with Crippen LogP contribution < -0.4 is 5.32 Å². The molecule has 0 atom stereocenters. The van der Waals surface area contributed by atoms with Crippen LogP contribution in [0.25, 0.3) is 6.08 Å². The van der Waals surface area contributed by atoms with Crippen molar-refractivity contribution < 1.29 is 29.0 Å². The molecule has 1 aliphatic rings. The summed E-state index contributed by atoms with van der Waals surface area (Å²) in [5.41, 5.74) is -0.305. The third kappa shape index (κ3) is 3.83. The minimum absolute atomic E-state index is 0.111. The van der Waals surface area contributed by atoms with Crippen LogP contribution in [0.3, 0.4) is 0 Å². The molecule has 1 fully saturated rings. The predicted molar refractivity (Wildman–Crippen MR) is 94.6 cm³/mol. The summed E-state index contributed by atoms with van der Waals surface area (Å²) in [6, 6.07) is 6.99. The van der Waals surface area contributed by atoms with E-state index in [2.05, 4.69) is 10.3 Å². The molecule has 3 N–H and O–H groups in total. The number of aliphatic imine (C=N–C) groups is 1. The first-order valence-electron chi connectivity index (χ1n) is 7.29. The first-order valence-corrected chi connectivity index (χ1v) is 8.11. The van der Waals surface area contributed by atoms with Crippen molar-refractivity contribution in [3.05, 3.63) is 57.9 Å². The van der Waals surface area contributed by atoms with Gasteiger partial charge in [-0.05, 0) is 49.0 Å². The van der Waals surface area contributed by atoms with E-state index in [4.69, 9.17) is 14.6 Å². The molecule has 0 unspecified atom stereocenters. The Morgan fingerprint density at radius 3 is 2.35 bits per heavy atom. The van der Waals surface area contributed by atoms with Crippen molar-refractivity contribution >= 4 is 46.5 Å². The second-order valence-corrected chi connectivity index (χ2v) is 6.34. The zero-order chi connectivity index (χ0) is 18.8. The minimum Gasteiger partial charge on any atom is -0.478 e. The van der Waals surface area contributed by atoms with Crippen molar-refractivity contribution in [1.29, 1.82) is 0 Å². The molecule has 0 saturated carbocycles. The average Bonchev–Trinajstić information content (AvgIpc) is 3.13. The highest BCUT2D eigenvalue weighted by atomic mass is 32.2. The highest BCUT2D eigenvalue weighted by Crippen LogP contribution is 2.29. The summed E-state index contributed by atoms with van der Waals surface area (Å²) in [5, 5.41) is 20.9. The lowest BCUT2D eigenvalue weighted by Crippen LogP contribution is -2.19. The Labute approximate surface area is 151 Å². The van der Waals surface area contributed by atoms with Gasteiger partial charge >= 0.3 is 11.9 Å². The molecule has 8 nitrogen and oxygen atoms in total. The van der Waals surface area contributed by atoms with Gasteiger partial charge < -0.3 is 19.9 Å². The fraction of sp³-hybridized carbons (Fsp3) is 0.0588. The zero-order valence-corrected chi connectivity index (χ0v) is 14.2. The van der Waals surface area contributed by atoms with Gasteiger partial charge in [0, 0.05) is 6.08 Å². The molecule has 0 bridgehead atoms. The third-order valence-electron chi connectivity index (χ3n) is 3.33. The Bertz CT molecular complexity index is 957. The van der Waals surface area contributed by atoms with Gasteiger partial charge in [0.1, 0.15) is 11.5 Å². The van der Waals surface area contributed by atoms with Gasteiger partial charge in [-0.3, -0.25) is 4.79 Å². The molecule has 1 saturated heterocycles. The van der Waals surface area contributed by atoms with Crippen LogP contribution in [0.1, 0.15) is 32.2 Å². The largest absolute Gasteiger partial charge is 0.478 e. The topological polar surface area (TPSA) is 129 Å². The Hall–Kier alpha value is -3.33. The zero-order valence-electron chi connectivity index (χ0n) is 13.3. The van der Waals surface area contributed by atoms with Crippen LogP contribution >= 0.6 is 11.8 Å². The lowest BCUT2D eigenvalue weighted by molar-refractivity contribution is -0.115. The van der Waals surface area contributed by atoms with E-state index in [1.165, 1.54) is 12.1 Å². The molecule has 2 heterocycles. The molecule has 0 radical (unpaired) electrons. The van der Waals surface area contributed by atoms with E-state index in [0.29, 0.717) is 16.4 Å². The van der Waals surface area contributed by atoms with E-state index in [0.717, 1.165) is 17.8 Å².